The summed E-state index contributed by atoms with van der Waals surface area (Å²) in [5, 5.41) is 18.9. The van der Waals surface area contributed by atoms with Crippen molar-refractivity contribution in [1.82, 2.24) is 20.0 Å². The van der Waals surface area contributed by atoms with E-state index < -0.39 is 0 Å². The minimum Gasteiger partial charge on any atom is -0.306 e. The summed E-state index contributed by atoms with van der Waals surface area (Å²) < 4.78 is 1.71. The van der Waals surface area contributed by atoms with Crippen molar-refractivity contribution in [1.29, 1.82) is 0 Å². The number of hydrogen-bond donors (Lipinski definition) is 2. The quantitative estimate of drug-likeness (QED) is 0.769. The second-order valence-electron chi connectivity index (χ2n) is 4.19. The smallest absolute Gasteiger partial charge is 0.257 e. The number of hydrogen-bond acceptors (Lipinski definition) is 4. The molecule has 6 nitrogen and oxygen atoms in total. The predicted octanol–water partition coefficient (Wildman–Crippen LogP) is 2.17. The highest BCUT2D eigenvalue weighted by Gasteiger charge is 2.17. The molecule has 0 fully saturated rings. The molecule has 0 bridgehead atoms. The van der Waals surface area contributed by atoms with Gasteiger partial charge in [0.05, 0.1) is 16.6 Å². The first-order valence-electron chi connectivity index (χ1n) is 5.94. The van der Waals surface area contributed by atoms with Gasteiger partial charge in [-0.3, -0.25) is 9.89 Å². The van der Waals surface area contributed by atoms with Gasteiger partial charge in [0.1, 0.15) is 5.82 Å². The Morgan fingerprint density at radius 1 is 1.58 bits per heavy atom. The Bertz CT molecular complexity index is 725. The lowest BCUT2D eigenvalue weighted by Crippen LogP contribution is -2.11. The first-order chi connectivity index (χ1) is 9.20. The number of fused-ring (bicyclic) bond motifs is 1. The fraction of sp³-hybridized carbons (Fsp3) is 0.250. The zero-order valence-electron chi connectivity index (χ0n) is 10.6. The molecule has 3 heterocycles. The molecule has 98 valence electrons. The maximum absolute atomic E-state index is 12.0. The van der Waals surface area contributed by atoms with Crippen molar-refractivity contribution in [2.45, 2.75) is 13.3 Å². The molecule has 0 aromatic carbocycles. The van der Waals surface area contributed by atoms with Crippen LogP contribution < -0.4 is 5.32 Å². The minimum atomic E-state index is -0.141. The number of amides is 1. The molecule has 3 aromatic heterocycles. The number of carbonyl (C=O) groups excluding carboxylic acids is 1. The summed E-state index contributed by atoms with van der Waals surface area (Å²) >= 11 is 1.49. The van der Waals surface area contributed by atoms with Crippen LogP contribution in [0.4, 0.5) is 5.82 Å². The summed E-state index contributed by atoms with van der Waals surface area (Å²) in [6.07, 6.45) is 0.790. The summed E-state index contributed by atoms with van der Waals surface area (Å²) in [5.74, 6) is 0.467. The standard InChI is InChI=1S/C12H13N5OS/c1-3-8-9-10(14-15-11(9)17(2)16-8)13-12(18)7-4-5-19-6-7/h4-6H,3H2,1-2H3,(H2,13,14,15,18). The number of anilines is 1. The Labute approximate surface area is 113 Å². The van der Waals surface area contributed by atoms with Gasteiger partial charge in [-0.05, 0) is 17.9 Å². The van der Waals surface area contributed by atoms with Crippen molar-refractivity contribution in [3.8, 4) is 0 Å². The van der Waals surface area contributed by atoms with Gasteiger partial charge >= 0.3 is 0 Å². The van der Waals surface area contributed by atoms with E-state index in [0.717, 1.165) is 23.1 Å². The number of nitrogens with one attached hydrogen (secondary N) is 2. The number of H-pyrrole nitrogens is 1. The van der Waals surface area contributed by atoms with Crippen LogP contribution in [-0.4, -0.2) is 25.9 Å². The van der Waals surface area contributed by atoms with Crippen LogP contribution in [0.25, 0.3) is 11.0 Å². The third kappa shape index (κ3) is 1.91. The van der Waals surface area contributed by atoms with Crippen molar-refractivity contribution >= 4 is 34.1 Å². The molecule has 0 aliphatic carbocycles. The molecule has 3 aromatic rings. The maximum atomic E-state index is 12.0. The Kier molecular flexibility index (Phi) is 2.83. The SMILES string of the molecule is CCc1nn(C)c2n[nH]c(NC(=O)c3ccsc3)c12. The number of aryl methyl sites for hydroxylation is 2. The van der Waals surface area contributed by atoms with Gasteiger partial charge in [-0.15, -0.1) is 0 Å². The normalized spacial score (nSPS) is 11.1. The van der Waals surface area contributed by atoms with E-state index in [1.54, 1.807) is 10.7 Å². The fourth-order valence-corrected chi connectivity index (χ4v) is 2.67. The summed E-state index contributed by atoms with van der Waals surface area (Å²) in [7, 11) is 1.84. The molecule has 0 spiro atoms. The van der Waals surface area contributed by atoms with Crippen molar-refractivity contribution in [2.75, 3.05) is 5.32 Å². The molecule has 0 saturated carbocycles. The van der Waals surface area contributed by atoms with E-state index in [4.69, 9.17) is 0 Å². The van der Waals surface area contributed by atoms with Crippen LogP contribution in [0.1, 0.15) is 23.0 Å². The van der Waals surface area contributed by atoms with Gasteiger partial charge in [0.2, 0.25) is 0 Å². The predicted molar refractivity (Wildman–Crippen MR) is 74.5 cm³/mol. The second-order valence-corrected chi connectivity index (χ2v) is 4.97. The number of aromatic amines is 1. The molecule has 1 amide bonds. The summed E-state index contributed by atoms with van der Waals surface area (Å²) in [6.45, 7) is 2.03. The molecular formula is C12H13N5OS. The number of nitrogens with zero attached hydrogens (tertiary/aromatic N) is 3. The Balaban J connectivity index is 1.99. The summed E-state index contributed by atoms with van der Waals surface area (Å²) in [6, 6.07) is 1.79. The lowest BCUT2D eigenvalue weighted by Gasteiger charge is -2.00. The Morgan fingerprint density at radius 2 is 2.42 bits per heavy atom. The molecule has 3 rings (SSSR count). The van der Waals surface area contributed by atoms with Gasteiger partial charge in [-0.2, -0.15) is 21.5 Å². The Morgan fingerprint density at radius 3 is 3.11 bits per heavy atom. The molecule has 0 aliphatic heterocycles. The van der Waals surface area contributed by atoms with Gasteiger partial charge < -0.3 is 5.32 Å². The highest BCUT2D eigenvalue weighted by molar-refractivity contribution is 7.08. The van der Waals surface area contributed by atoms with Crippen LogP contribution in [0.5, 0.6) is 0 Å². The number of aromatic nitrogens is 4. The Hall–Kier alpha value is -2.15. The van der Waals surface area contributed by atoms with Crippen molar-refractivity contribution in [3.05, 3.63) is 28.1 Å². The lowest BCUT2D eigenvalue weighted by molar-refractivity contribution is 0.102. The topological polar surface area (TPSA) is 75.6 Å². The summed E-state index contributed by atoms with van der Waals surface area (Å²) in [4.78, 5) is 12.0. The lowest BCUT2D eigenvalue weighted by atomic mass is 10.2. The van der Waals surface area contributed by atoms with Crippen molar-refractivity contribution in [2.24, 2.45) is 7.05 Å². The summed E-state index contributed by atoms with van der Waals surface area (Å²) in [5.41, 5.74) is 2.32. The van der Waals surface area contributed by atoms with Gasteiger partial charge in [0.25, 0.3) is 5.91 Å². The molecule has 2 N–H and O–H groups in total. The molecule has 0 radical (unpaired) electrons. The molecule has 0 unspecified atom stereocenters. The highest BCUT2D eigenvalue weighted by atomic mass is 32.1. The molecular weight excluding hydrogens is 262 g/mol. The van der Waals surface area contributed by atoms with E-state index in [0.29, 0.717) is 11.4 Å². The van der Waals surface area contributed by atoms with Crippen LogP contribution in [-0.2, 0) is 13.5 Å². The van der Waals surface area contributed by atoms with Crippen LogP contribution in [0, 0.1) is 0 Å². The monoisotopic (exact) mass is 275 g/mol. The maximum Gasteiger partial charge on any atom is 0.257 e. The van der Waals surface area contributed by atoms with E-state index in [1.807, 2.05) is 24.7 Å². The molecule has 7 heteroatoms. The van der Waals surface area contributed by atoms with E-state index in [-0.39, 0.29) is 5.91 Å². The fourth-order valence-electron chi connectivity index (χ4n) is 2.04. The third-order valence-corrected chi connectivity index (χ3v) is 3.65. The van der Waals surface area contributed by atoms with E-state index >= 15 is 0 Å². The number of rotatable bonds is 3. The third-order valence-electron chi connectivity index (χ3n) is 2.97. The highest BCUT2D eigenvalue weighted by Crippen LogP contribution is 2.24. The zero-order valence-corrected chi connectivity index (χ0v) is 11.4. The molecule has 0 atom stereocenters. The number of thiophene rings is 1. The van der Waals surface area contributed by atoms with Crippen LogP contribution >= 0.6 is 11.3 Å². The van der Waals surface area contributed by atoms with Crippen LogP contribution in [0.2, 0.25) is 0 Å². The van der Waals surface area contributed by atoms with Gasteiger partial charge in [0.15, 0.2) is 5.65 Å². The van der Waals surface area contributed by atoms with E-state index in [9.17, 15) is 4.79 Å². The second kappa shape index (κ2) is 4.51. The van der Waals surface area contributed by atoms with Crippen molar-refractivity contribution in [3.63, 3.8) is 0 Å². The van der Waals surface area contributed by atoms with Gasteiger partial charge in [0, 0.05) is 12.4 Å². The first-order valence-corrected chi connectivity index (χ1v) is 6.88. The van der Waals surface area contributed by atoms with E-state index in [1.165, 1.54) is 11.3 Å². The molecule has 0 saturated heterocycles. The van der Waals surface area contributed by atoms with E-state index in [2.05, 4.69) is 20.6 Å². The zero-order chi connectivity index (χ0) is 13.4. The average Bonchev–Trinajstić information content (AvgIpc) is 3.09. The first kappa shape index (κ1) is 11.9. The average molecular weight is 275 g/mol. The molecule has 0 aliphatic rings. The molecule has 19 heavy (non-hydrogen) atoms. The van der Waals surface area contributed by atoms with Crippen LogP contribution in [0.3, 0.4) is 0 Å². The van der Waals surface area contributed by atoms with Gasteiger partial charge in [-0.25, -0.2) is 4.68 Å². The largest absolute Gasteiger partial charge is 0.306 e. The van der Waals surface area contributed by atoms with Gasteiger partial charge in [-0.1, -0.05) is 6.92 Å². The number of carbonyl (C=O) groups is 1. The van der Waals surface area contributed by atoms with Crippen LogP contribution in [0.15, 0.2) is 16.8 Å². The minimum absolute atomic E-state index is 0.141. The van der Waals surface area contributed by atoms with Crippen molar-refractivity contribution < 1.29 is 4.79 Å².